The van der Waals surface area contributed by atoms with Gasteiger partial charge in [-0.3, -0.25) is 10.1 Å². The fourth-order valence-corrected chi connectivity index (χ4v) is 3.24. The summed E-state index contributed by atoms with van der Waals surface area (Å²) in [5.41, 5.74) is 1.79. The fraction of sp³-hybridized carbons (Fsp3) is 0.500. The molecule has 4 nitrogen and oxygen atoms in total. The molecule has 1 aromatic carbocycles. The molecule has 0 radical (unpaired) electrons. The van der Waals surface area contributed by atoms with Crippen LogP contribution in [0, 0.1) is 17.0 Å². The van der Waals surface area contributed by atoms with Crippen LogP contribution in [0.2, 0.25) is 0 Å². The monoisotopic (exact) mass is 252 g/mol. The Morgan fingerprint density at radius 1 is 1.59 bits per heavy atom. The highest BCUT2D eigenvalue weighted by Crippen LogP contribution is 2.28. The highest BCUT2D eigenvalue weighted by atomic mass is 32.2. The maximum absolute atomic E-state index is 10.8. The molecule has 1 atom stereocenters. The van der Waals surface area contributed by atoms with Crippen LogP contribution in [0.4, 0.5) is 11.4 Å². The summed E-state index contributed by atoms with van der Waals surface area (Å²) in [6, 6.07) is 5.18. The maximum Gasteiger partial charge on any atom is 0.274 e. The van der Waals surface area contributed by atoms with Crippen molar-refractivity contribution < 1.29 is 4.92 Å². The molecule has 1 heterocycles. The normalized spacial score (nSPS) is 19.2. The van der Waals surface area contributed by atoms with Gasteiger partial charge in [0.15, 0.2) is 0 Å². The first-order valence-corrected chi connectivity index (χ1v) is 6.83. The first-order valence-electron chi connectivity index (χ1n) is 5.78. The van der Waals surface area contributed by atoms with Crippen molar-refractivity contribution in [3.63, 3.8) is 0 Å². The van der Waals surface area contributed by atoms with Crippen molar-refractivity contribution in [3.05, 3.63) is 33.9 Å². The zero-order valence-electron chi connectivity index (χ0n) is 9.81. The minimum absolute atomic E-state index is 0.189. The number of anilines is 1. The molecule has 92 valence electrons. The van der Waals surface area contributed by atoms with Gasteiger partial charge in [-0.25, -0.2) is 0 Å². The Hall–Kier alpha value is -1.23. The molecule has 1 aromatic rings. The van der Waals surface area contributed by atoms with Crippen LogP contribution in [0.3, 0.4) is 0 Å². The Morgan fingerprint density at radius 3 is 3.06 bits per heavy atom. The van der Waals surface area contributed by atoms with Crippen LogP contribution in [0.25, 0.3) is 0 Å². The lowest BCUT2D eigenvalue weighted by molar-refractivity contribution is -0.385. The summed E-state index contributed by atoms with van der Waals surface area (Å²) in [4.78, 5) is 10.5. The molecule has 17 heavy (non-hydrogen) atoms. The van der Waals surface area contributed by atoms with Crippen LogP contribution in [0.1, 0.15) is 18.4 Å². The fourth-order valence-electron chi connectivity index (χ4n) is 2.04. The summed E-state index contributed by atoms with van der Waals surface area (Å²) >= 11 is 1.98. The minimum Gasteiger partial charge on any atom is -0.384 e. The highest BCUT2D eigenvalue weighted by Gasteiger charge is 2.17. The van der Waals surface area contributed by atoms with Gasteiger partial charge in [0, 0.05) is 29.1 Å². The van der Waals surface area contributed by atoms with Gasteiger partial charge in [0.2, 0.25) is 0 Å². The predicted octanol–water partition coefficient (Wildman–Crippen LogP) is 3.21. The van der Waals surface area contributed by atoms with Gasteiger partial charge in [0.05, 0.1) is 4.92 Å². The van der Waals surface area contributed by atoms with Gasteiger partial charge >= 0.3 is 0 Å². The first-order chi connectivity index (χ1) is 8.18. The number of nitrogens with one attached hydrogen (secondary N) is 1. The molecular weight excluding hydrogens is 236 g/mol. The van der Waals surface area contributed by atoms with E-state index in [1.807, 2.05) is 17.8 Å². The smallest absolute Gasteiger partial charge is 0.274 e. The Bertz CT molecular complexity index is 417. The number of rotatable bonds is 4. The summed E-state index contributed by atoms with van der Waals surface area (Å²) in [6.45, 7) is 2.69. The lowest BCUT2D eigenvalue weighted by Crippen LogP contribution is -2.14. The van der Waals surface area contributed by atoms with Gasteiger partial charge in [-0.05, 0) is 31.6 Å². The van der Waals surface area contributed by atoms with E-state index in [0.717, 1.165) is 17.8 Å². The third-order valence-corrected chi connectivity index (χ3v) is 4.44. The number of thioether (sulfide) groups is 1. The summed E-state index contributed by atoms with van der Waals surface area (Å²) in [7, 11) is 0. The molecule has 0 amide bonds. The molecule has 5 heteroatoms. The highest BCUT2D eigenvalue weighted by molar-refractivity contribution is 8.00. The third-order valence-electron chi connectivity index (χ3n) is 3.05. The molecule has 0 aliphatic carbocycles. The second kappa shape index (κ2) is 5.40. The van der Waals surface area contributed by atoms with Crippen molar-refractivity contribution >= 4 is 23.1 Å². The molecule has 0 aromatic heterocycles. The van der Waals surface area contributed by atoms with Crippen molar-refractivity contribution in [1.82, 2.24) is 0 Å². The molecule has 0 bridgehead atoms. The van der Waals surface area contributed by atoms with Gasteiger partial charge in [-0.15, -0.1) is 0 Å². The van der Waals surface area contributed by atoms with Crippen molar-refractivity contribution in [2.24, 2.45) is 0 Å². The van der Waals surface area contributed by atoms with Crippen LogP contribution in [-0.2, 0) is 0 Å². The standard InChI is InChI=1S/C12H16N2O2S/c1-9-11(5-2-6-12(9)14(15)16)13-8-10-4-3-7-17-10/h2,5-6,10,13H,3-4,7-8H2,1H3. The number of nitrogens with zero attached hydrogens (tertiary/aromatic N) is 1. The van der Waals surface area contributed by atoms with Crippen molar-refractivity contribution in [2.75, 3.05) is 17.6 Å². The van der Waals surface area contributed by atoms with Crippen LogP contribution >= 0.6 is 11.8 Å². The van der Waals surface area contributed by atoms with E-state index in [1.165, 1.54) is 18.6 Å². The van der Waals surface area contributed by atoms with Crippen LogP contribution < -0.4 is 5.32 Å². The average Bonchev–Trinajstić information content (AvgIpc) is 2.80. The molecular formula is C12H16N2O2S. The van der Waals surface area contributed by atoms with Crippen LogP contribution in [-0.4, -0.2) is 22.5 Å². The number of nitro groups is 1. The number of hydrogen-bond acceptors (Lipinski definition) is 4. The third kappa shape index (κ3) is 2.91. The molecule has 1 saturated heterocycles. The van der Waals surface area contributed by atoms with E-state index < -0.39 is 0 Å². The largest absolute Gasteiger partial charge is 0.384 e. The van der Waals surface area contributed by atoms with Gasteiger partial charge in [0.1, 0.15) is 0 Å². The Labute approximate surface area is 105 Å². The first kappa shape index (κ1) is 12.2. The maximum atomic E-state index is 10.8. The number of hydrogen-bond donors (Lipinski definition) is 1. The van der Waals surface area contributed by atoms with E-state index in [9.17, 15) is 10.1 Å². The second-order valence-electron chi connectivity index (χ2n) is 4.22. The minimum atomic E-state index is -0.329. The molecule has 2 rings (SSSR count). The van der Waals surface area contributed by atoms with Crippen LogP contribution in [0.15, 0.2) is 18.2 Å². The van der Waals surface area contributed by atoms with Crippen molar-refractivity contribution in [1.29, 1.82) is 0 Å². The van der Waals surface area contributed by atoms with Crippen molar-refractivity contribution in [3.8, 4) is 0 Å². The summed E-state index contributed by atoms with van der Waals surface area (Å²) in [5.74, 6) is 1.24. The number of nitro benzene ring substituents is 1. The molecule has 0 saturated carbocycles. The molecule has 0 spiro atoms. The second-order valence-corrected chi connectivity index (χ2v) is 5.63. The summed E-state index contributed by atoms with van der Waals surface area (Å²) < 4.78 is 0. The van der Waals surface area contributed by atoms with E-state index in [2.05, 4.69) is 5.32 Å². The van der Waals surface area contributed by atoms with Crippen LogP contribution in [0.5, 0.6) is 0 Å². The quantitative estimate of drug-likeness (QED) is 0.660. The van der Waals surface area contributed by atoms with E-state index in [1.54, 1.807) is 19.1 Å². The zero-order chi connectivity index (χ0) is 12.3. The topological polar surface area (TPSA) is 55.2 Å². The predicted molar refractivity (Wildman–Crippen MR) is 71.8 cm³/mol. The molecule has 1 aliphatic rings. The Balaban J connectivity index is 2.04. The van der Waals surface area contributed by atoms with E-state index in [-0.39, 0.29) is 10.6 Å². The van der Waals surface area contributed by atoms with Gasteiger partial charge in [-0.1, -0.05) is 6.07 Å². The van der Waals surface area contributed by atoms with E-state index in [0.29, 0.717) is 5.25 Å². The van der Waals surface area contributed by atoms with E-state index >= 15 is 0 Å². The Kier molecular flexibility index (Phi) is 3.89. The summed E-state index contributed by atoms with van der Waals surface area (Å²) in [6.07, 6.45) is 2.52. The molecule has 1 fully saturated rings. The zero-order valence-corrected chi connectivity index (χ0v) is 10.6. The average molecular weight is 252 g/mol. The lowest BCUT2D eigenvalue weighted by atomic mass is 10.1. The van der Waals surface area contributed by atoms with Gasteiger partial charge < -0.3 is 5.32 Å². The summed E-state index contributed by atoms with van der Waals surface area (Å²) in [5, 5.41) is 14.8. The molecule has 1 N–H and O–H groups in total. The Morgan fingerprint density at radius 2 is 2.41 bits per heavy atom. The number of benzene rings is 1. The lowest BCUT2D eigenvalue weighted by Gasteiger charge is -2.13. The SMILES string of the molecule is Cc1c(NCC2CCCS2)cccc1[N+](=O)[O-]. The van der Waals surface area contributed by atoms with Gasteiger partial charge in [0.25, 0.3) is 5.69 Å². The van der Waals surface area contributed by atoms with Gasteiger partial charge in [-0.2, -0.15) is 11.8 Å². The molecule has 1 aliphatic heterocycles. The van der Waals surface area contributed by atoms with E-state index in [4.69, 9.17) is 0 Å². The molecule has 1 unspecified atom stereocenters. The van der Waals surface area contributed by atoms with Crippen molar-refractivity contribution in [2.45, 2.75) is 25.0 Å².